The van der Waals surface area contributed by atoms with E-state index in [1.54, 1.807) is 0 Å². The average Bonchev–Trinajstić information content (AvgIpc) is 3.06. The Morgan fingerprint density at radius 3 is 2.48 bits per heavy atom. The lowest BCUT2D eigenvalue weighted by Crippen LogP contribution is -2.05. The van der Waals surface area contributed by atoms with Gasteiger partial charge in [-0.05, 0) is 62.6 Å². The number of hydrogen-bond donors (Lipinski definition) is 0. The molecule has 0 amide bonds. The number of aromatic nitrogens is 2. The van der Waals surface area contributed by atoms with E-state index in [1.807, 2.05) is 57.2 Å². The van der Waals surface area contributed by atoms with Crippen LogP contribution in [0.2, 0.25) is 0 Å². The molecule has 0 N–H and O–H groups in total. The molecule has 0 aliphatic carbocycles. The van der Waals surface area contributed by atoms with Crippen molar-refractivity contribution in [3.05, 3.63) is 64.2 Å². The van der Waals surface area contributed by atoms with Gasteiger partial charge in [0.1, 0.15) is 0 Å². The van der Waals surface area contributed by atoms with E-state index in [0.717, 1.165) is 22.3 Å². The molecular formula is C20H20N2O2S. The van der Waals surface area contributed by atoms with E-state index in [2.05, 4.69) is 17.1 Å². The summed E-state index contributed by atoms with van der Waals surface area (Å²) < 4.78 is 5.69. The zero-order chi connectivity index (χ0) is 18.0. The second-order valence-electron chi connectivity index (χ2n) is 6.20. The molecule has 3 aromatic rings. The SMILES string of the molecule is Cc1ccc(C)c(C(=O)CSc2nnc(-c3ccc(C)c(C)c3)o2)c1. The van der Waals surface area contributed by atoms with E-state index in [9.17, 15) is 4.79 Å². The number of aryl methyl sites for hydroxylation is 4. The normalized spacial score (nSPS) is 10.9. The zero-order valence-electron chi connectivity index (χ0n) is 14.8. The molecule has 0 atom stereocenters. The van der Waals surface area contributed by atoms with Gasteiger partial charge in [0.15, 0.2) is 5.78 Å². The van der Waals surface area contributed by atoms with Crippen LogP contribution in [0.25, 0.3) is 11.5 Å². The molecule has 0 spiro atoms. The van der Waals surface area contributed by atoms with Crippen molar-refractivity contribution < 1.29 is 9.21 Å². The van der Waals surface area contributed by atoms with E-state index in [4.69, 9.17) is 4.42 Å². The standard InChI is InChI=1S/C20H20N2O2S/c1-12-5-6-14(3)17(9-12)18(23)11-25-20-22-21-19(24-20)16-8-7-13(2)15(4)10-16/h5-10H,11H2,1-4H3. The fourth-order valence-corrected chi connectivity index (χ4v) is 3.15. The fraction of sp³-hybridized carbons (Fsp3) is 0.250. The van der Waals surface area contributed by atoms with E-state index >= 15 is 0 Å². The van der Waals surface area contributed by atoms with Gasteiger partial charge >= 0.3 is 0 Å². The summed E-state index contributed by atoms with van der Waals surface area (Å²) in [6.45, 7) is 8.04. The summed E-state index contributed by atoms with van der Waals surface area (Å²) in [6.07, 6.45) is 0. The molecule has 2 aromatic carbocycles. The van der Waals surface area contributed by atoms with Crippen LogP contribution < -0.4 is 0 Å². The van der Waals surface area contributed by atoms with Crippen LogP contribution in [-0.4, -0.2) is 21.7 Å². The molecule has 128 valence electrons. The molecule has 0 unspecified atom stereocenters. The molecular weight excluding hydrogens is 332 g/mol. The largest absolute Gasteiger partial charge is 0.411 e. The van der Waals surface area contributed by atoms with Crippen molar-refractivity contribution in [1.82, 2.24) is 10.2 Å². The number of nitrogens with zero attached hydrogens (tertiary/aromatic N) is 2. The Labute approximate surface area is 151 Å². The highest BCUT2D eigenvalue weighted by Gasteiger charge is 2.14. The number of thioether (sulfide) groups is 1. The molecule has 0 bridgehead atoms. The summed E-state index contributed by atoms with van der Waals surface area (Å²) >= 11 is 1.27. The maximum Gasteiger partial charge on any atom is 0.277 e. The number of Topliss-reactive ketones (excluding diaryl/α,β-unsaturated/α-hetero) is 1. The molecule has 0 aliphatic heterocycles. The van der Waals surface area contributed by atoms with Gasteiger partial charge in [0.05, 0.1) is 5.75 Å². The third kappa shape index (κ3) is 3.99. The van der Waals surface area contributed by atoms with Gasteiger partial charge in [-0.1, -0.05) is 35.5 Å². The quantitative estimate of drug-likeness (QED) is 0.480. The molecule has 1 aromatic heterocycles. The first kappa shape index (κ1) is 17.4. The molecule has 0 fully saturated rings. The number of ketones is 1. The van der Waals surface area contributed by atoms with Crippen molar-refractivity contribution in [1.29, 1.82) is 0 Å². The van der Waals surface area contributed by atoms with Crippen molar-refractivity contribution >= 4 is 17.5 Å². The van der Waals surface area contributed by atoms with Gasteiger partial charge in [0, 0.05) is 11.1 Å². The summed E-state index contributed by atoms with van der Waals surface area (Å²) in [6, 6.07) is 11.9. The summed E-state index contributed by atoms with van der Waals surface area (Å²) in [5, 5.41) is 8.54. The number of carbonyl (C=O) groups excluding carboxylic acids is 1. The summed E-state index contributed by atoms with van der Waals surface area (Å²) in [4.78, 5) is 12.4. The van der Waals surface area contributed by atoms with Gasteiger partial charge in [-0.3, -0.25) is 4.79 Å². The number of benzene rings is 2. The fourth-order valence-electron chi connectivity index (χ4n) is 2.50. The van der Waals surface area contributed by atoms with Crippen LogP contribution in [0.1, 0.15) is 32.6 Å². The van der Waals surface area contributed by atoms with Crippen LogP contribution >= 0.6 is 11.8 Å². The minimum absolute atomic E-state index is 0.0668. The van der Waals surface area contributed by atoms with Gasteiger partial charge in [0.2, 0.25) is 5.89 Å². The smallest absolute Gasteiger partial charge is 0.277 e. The van der Waals surface area contributed by atoms with Gasteiger partial charge in [-0.15, -0.1) is 10.2 Å². The Morgan fingerprint density at radius 1 is 0.960 bits per heavy atom. The van der Waals surface area contributed by atoms with Crippen LogP contribution in [0.5, 0.6) is 0 Å². The first-order valence-corrected chi connectivity index (χ1v) is 9.07. The third-order valence-corrected chi connectivity index (χ3v) is 5.00. The average molecular weight is 352 g/mol. The van der Waals surface area contributed by atoms with Gasteiger partial charge in [-0.25, -0.2) is 0 Å². The van der Waals surface area contributed by atoms with Crippen LogP contribution in [0, 0.1) is 27.7 Å². The number of carbonyl (C=O) groups is 1. The van der Waals surface area contributed by atoms with Crippen LogP contribution in [0.3, 0.4) is 0 Å². The van der Waals surface area contributed by atoms with Crippen molar-refractivity contribution in [3.63, 3.8) is 0 Å². The molecule has 1 heterocycles. The summed E-state index contributed by atoms with van der Waals surface area (Å²) in [5.74, 6) is 0.820. The van der Waals surface area contributed by atoms with E-state index < -0.39 is 0 Å². The van der Waals surface area contributed by atoms with Crippen molar-refractivity contribution in [2.45, 2.75) is 32.9 Å². The molecule has 5 heteroatoms. The van der Waals surface area contributed by atoms with Crippen LogP contribution in [-0.2, 0) is 0 Å². The van der Waals surface area contributed by atoms with Gasteiger partial charge in [0.25, 0.3) is 5.22 Å². The molecule has 0 aliphatic rings. The third-order valence-electron chi connectivity index (χ3n) is 4.18. The van der Waals surface area contributed by atoms with E-state index in [1.165, 1.54) is 22.9 Å². The highest BCUT2D eigenvalue weighted by atomic mass is 32.2. The molecule has 3 rings (SSSR count). The molecule has 4 nitrogen and oxygen atoms in total. The topological polar surface area (TPSA) is 56.0 Å². The van der Waals surface area contributed by atoms with Crippen LogP contribution in [0.4, 0.5) is 0 Å². The van der Waals surface area contributed by atoms with E-state index in [-0.39, 0.29) is 11.5 Å². The first-order valence-electron chi connectivity index (χ1n) is 8.08. The maximum atomic E-state index is 12.4. The number of rotatable bonds is 5. The number of hydrogen-bond acceptors (Lipinski definition) is 5. The molecule has 25 heavy (non-hydrogen) atoms. The summed E-state index contributed by atoms with van der Waals surface area (Å²) in [5.41, 5.74) is 6.10. The minimum atomic E-state index is 0.0668. The maximum absolute atomic E-state index is 12.4. The van der Waals surface area contributed by atoms with Crippen molar-refractivity contribution in [2.24, 2.45) is 0 Å². The van der Waals surface area contributed by atoms with E-state index in [0.29, 0.717) is 11.1 Å². The minimum Gasteiger partial charge on any atom is -0.411 e. The predicted molar refractivity (Wildman–Crippen MR) is 100 cm³/mol. The monoisotopic (exact) mass is 352 g/mol. The summed E-state index contributed by atoms with van der Waals surface area (Å²) in [7, 11) is 0. The highest BCUT2D eigenvalue weighted by molar-refractivity contribution is 7.99. The molecule has 0 saturated carbocycles. The van der Waals surface area contributed by atoms with Crippen molar-refractivity contribution in [2.75, 3.05) is 5.75 Å². The highest BCUT2D eigenvalue weighted by Crippen LogP contribution is 2.25. The Bertz CT molecular complexity index is 931. The Kier molecular flexibility index (Phi) is 5.04. The van der Waals surface area contributed by atoms with Crippen molar-refractivity contribution in [3.8, 4) is 11.5 Å². The van der Waals surface area contributed by atoms with Gasteiger partial charge in [-0.2, -0.15) is 0 Å². The Morgan fingerprint density at radius 2 is 1.72 bits per heavy atom. The lowest BCUT2D eigenvalue weighted by molar-refractivity contribution is 0.102. The lowest BCUT2D eigenvalue weighted by Gasteiger charge is -2.05. The van der Waals surface area contributed by atoms with Gasteiger partial charge < -0.3 is 4.42 Å². The second-order valence-corrected chi connectivity index (χ2v) is 7.13. The zero-order valence-corrected chi connectivity index (χ0v) is 15.6. The Balaban J connectivity index is 1.70. The molecule has 0 saturated heterocycles. The van der Waals surface area contributed by atoms with Crippen LogP contribution in [0.15, 0.2) is 46.0 Å². The molecule has 0 radical (unpaired) electrons. The second kappa shape index (κ2) is 7.23. The predicted octanol–water partition coefficient (Wildman–Crippen LogP) is 4.95. The Hall–Kier alpha value is -2.40. The first-order chi connectivity index (χ1) is 11.9. The lowest BCUT2D eigenvalue weighted by atomic mass is 10.0.